The van der Waals surface area contributed by atoms with Crippen LogP contribution in [0, 0.1) is 0 Å². The number of hydrogen-bond acceptors (Lipinski definition) is 3. The largest absolute Gasteiger partial charge is 0.478 e. The first-order valence-electron chi connectivity index (χ1n) is 5.55. The molecule has 2 atom stereocenters. The minimum absolute atomic E-state index is 0.202. The molecule has 0 aromatic carbocycles. The lowest BCUT2D eigenvalue weighted by Crippen LogP contribution is -2.42. The van der Waals surface area contributed by atoms with Crippen LogP contribution in [0.3, 0.4) is 0 Å². The Morgan fingerprint density at radius 3 is 2.33 bits per heavy atom. The lowest BCUT2D eigenvalue weighted by Gasteiger charge is -2.28. The maximum absolute atomic E-state index is 12.1. The molecule has 2 bridgehead atoms. The molecule has 0 radical (unpaired) electrons. The van der Waals surface area contributed by atoms with E-state index >= 15 is 0 Å². The van der Waals surface area contributed by atoms with Gasteiger partial charge in [-0.05, 0) is 20.8 Å². The van der Waals surface area contributed by atoms with Crippen molar-refractivity contribution in [3.63, 3.8) is 0 Å². The van der Waals surface area contributed by atoms with Crippen LogP contribution in [0.5, 0.6) is 0 Å². The van der Waals surface area contributed by atoms with Crippen molar-refractivity contribution in [1.29, 1.82) is 0 Å². The van der Waals surface area contributed by atoms with E-state index in [0.29, 0.717) is 4.48 Å². The van der Waals surface area contributed by atoms with Gasteiger partial charge in [0.15, 0.2) is 0 Å². The van der Waals surface area contributed by atoms with Gasteiger partial charge in [-0.15, -0.1) is 0 Å². The summed E-state index contributed by atoms with van der Waals surface area (Å²) in [6.07, 6.45) is 3.00. The van der Waals surface area contributed by atoms with Gasteiger partial charge < -0.3 is 9.84 Å². The Bertz CT molecular complexity index is 475. The van der Waals surface area contributed by atoms with E-state index in [1.165, 1.54) is 4.90 Å². The number of rotatable bonds is 1. The summed E-state index contributed by atoms with van der Waals surface area (Å²) in [6.45, 7) is 5.32. The highest BCUT2D eigenvalue weighted by Crippen LogP contribution is 2.41. The summed E-state index contributed by atoms with van der Waals surface area (Å²) in [5, 5.41) is 9.14. The number of carboxylic acid groups (broad SMARTS) is 1. The number of carboxylic acids is 1. The maximum Gasteiger partial charge on any atom is 0.411 e. The van der Waals surface area contributed by atoms with Crippen molar-refractivity contribution in [2.45, 2.75) is 38.5 Å². The van der Waals surface area contributed by atoms with E-state index in [0.717, 1.165) is 0 Å². The second kappa shape index (κ2) is 4.12. The summed E-state index contributed by atoms with van der Waals surface area (Å²) in [6, 6.07) is -0.910. The van der Waals surface area contributed by atoms with E-state index in [9.17, 15) is 9.59 Å². The van der Waals surface area contributed by atoms with Crippen molar-refractivity contribution in [3.05, 3.63) is 22.2 Å². The summed E-state index contributed by atoms with van der Waals surface area (Å²) in [5.74, 6) is -1.02. The number of carbonyl (C=O) groups excluding carboxylic acids is 1. The van der Waals surface area contributed by atoms with Crippen molar-refractivity contribution in [3.8, 4) is 0 Å². The number of aliphatic carboxylic acids is 1. The van der Waals surface area contributed by atoms with Crippen LogP contribution in [0.1, 0.15) is 20.8 Å². The van der Waals surface area contributed by atoms with E-state index in [2.05, 4.69) is 15.9 Å². The SMILES string of the molecule is CC(C)(C)OC(=O)N1[C@@H]2C=C[C@H]1C(C(=O)O)=C2Br. The van der Waals surface area contributed by atoms with Gasteiger partial charge in [0.25, 0.3) is 0 Å². The molecule has 1 N–H and O–H groups in total. The smallest absolute Gasteiger partial charge is 0.411 e. The van der Waals surface area contributed by atoms with Gasteiger partial charge >= 0.3 is 12.1 Å². The van der Waals surface area contributed by atoms with Crippen LogP contribution in [0.15, 0.2) is 22.2 Å². The van der Waals surface area contributed by atoms with Gasteiger partial charge in [-0.2, -0.15) is 0 Å². The molecule has 2 heterocycles. The number of hydrogen-bond donors (Lipinski definition) is 1. The van der Waals surface area contributed by atoms with Crippen LogP contribution in [-0.4, -0.2) is 39.8 Å². The first-order chi connectivity index (χ1) is 8.22. The van der Waals surface area contributed by atoms with Crippen LogP contribution in [0.25, 0.3) is 0 Å². The molecule has 2 rings (SSSR count). The van der Waals surface area contributed by atoms with E-state index in [-0.39, 0.29) is 11.6 Å². The first-order valence-corrected chi connectivity index (χ1v) is 6.34. The van der Waals surface area contributed by atoms with E-state index in [4.69, 9.17) is 9.84 Å². The fraction of sp³-hybridized carbons (Fsp3) is 0.500. The molecular formula is C12H14BrNO4. The highest BCUT2D eigenvalue weighted by atomic mass is 79.9. The molecule has 0 aromatic rings. The zero-order valence-corrected chi connectivity index (χ0v) is 11.9. The van der Waals surface area contributed by atoms with Crippen LogP contribution < -0.4 is 0 Å². The number of halogens is 1. The molecule has 18 heavy (non-hydrogen) atoms. The van der Waals surface area contributed by atoms with Gasteiger partial charge in [0.1, 0.15) is 5.60 Å². The van der Waals surface area contributed by atoms with Gasteiger partial charge in [0, 0.05) is 4.48 Å². The third-order valence-electron chi connectivity index (χ3n) is 2.72. The van der Waals surface area contributed by atoms with Crippen molar-refractivity contribution in [2.75, 3.05) is 0 Å². The molecule has 0 aromatic heterocycles. The van der Waals surface area contributed by atoms with Crippen molar-refractivity contribution < 1.29 is 19.4 Å². The summed E-state index contributed by atoms with van der Waals surface area (Å²) in [7, 11) is 0. The summed E-state index contributed by atoms with van der Waals surface area (Å²) >= 11 is 3.25. The average molecular weight is 316 g/mol. The highest BCUT2D eigenvalue weighted by Gasteiger charge is 2.48. The Kier molecular flexibility index (Phi) is 3.01. The monoisotopic (exact) mass is 315 g/mol. The van der Waals surface area contributed by atoms with Gasteiger partial charge in [-0.1, -0.05) is 28.1 Å². The van der Waals surface area contributed by atoms with Gasteiger partial charge in [0.2, 0.25) is 0 Å². The highest BCUT2D eigenvalue weighted by molar-refractivity contribution is 9.11. The quantitative estimate of drug-likeness (QED) is 0.754. The van der Waals surface area contributed by atoms with E-state index in [1.807, 2.05) is 0 Å². The van der Waals surface area contributed by atoms with Gasteiger partial charge in [-0.3, -0.25) is 4.90 Å². The standard InChI is InChI=1S/C12H14BrNO4/c1-12(2,3)18-11(17)14-6-4-5-7(14)9(13)8(6)10(15)16/h4-7H,1-3H3,(H,15,16)/t6-,7+/m0/s1. The molecular weight excluding hydrogens is 302 g/mol. The summed E-state index contributed by atoms with van der Waals surface area (Å²) in [4.78, 5) is 24.6. The molecule has 2 aliphatic rings. The molecule has 2 aliphatic heterocycles. The van der Waals surface area contributed by atoms with Crippen LogP contribution in [0.4, 0.5) is 4.79 Å². The minimum atomic E-state index is -1.02. The van der Waals surface area contributed by atoms with Crippen molar-refractivity contribution in [1.82, 2.24) is 4.90 Å². The fourth-order valence-electron chi connectivity index (χ4n) is 2.08. The molecule has 0 spiro atoms. The third-order valence-corrected chi connectivity index (χ3v) is 3.62. The molecule has 1 amide bonds. The van der Waals surface area contributed by atoms with E-state index in [1.54, 1.807) is 32.9 Å². The molecule has 0 fully saturated rings. The zero-order valence-electron chi connectivity index (χ0n) is 10.3. The van der Waals surface area contributed by atoms with Gasteiger partial charge in [-0.25, -0.2) is 9.59 Å². The number of nitrogens with zero attached hydrogens (tertiary/aromatic N) is 1. The number of fused-ring (bicyclic) bond motifs is 2. The Balaban J connectivity index is 2.22. The number of carbonyl (C=O) groups is 2. The van der Waals surface area contributed by atoms with E-state index < -0.39 is 23.7 Å². The molecule has 98 valence electrons. The molecule has 0 aliphatic carbocycles. The maximum atomic E-state index is 12.1. The average Bonchev–Trinajstić information content (AvgIpc) is 2.68. The second-order valence-electron chi connectivity index (χ2n) is 5.23. The second-order valence-corrected chi connectivity index (χ2v) is 6.08. The molecule has 0 saturated carbocycles. The summed E-state index contributed by atoms with van der Waals surface area (Å²) < 4.78 is 5.81. The number of ether oxygens (including phenoxy) is 1. The van der Waals surface area contributed by atoms with Crippen LogP contribution >= 0.6 is 15.9 Å². The van der Waals surface area contributed by atoms with Crippen LogP contribution in [-0.2, 0) is 9.53 Å². The van der Waals surface area contributed by atoms with Crippen molar-refractivity contribution >= 4 is 28.0 Å². The normalized spacial score (nSPS) is 25.9. The van der Waals surface area contributed by atoms with Gasteiger partial charge in [0.05, 0.1) is 17.7 Å². The van der Waals surface area contributed by atoms with Crippen molar-refractivity contribution in [2.24, 2.45) is 0 Å². The Morgan fingerprint density at radius 2 is 1.89 bits per heavy atom. The predicted octanol–water partition coefficient (Wildman–Crippen LogP) is 2.28. The lowest BCUT2D eigenvalue weighted by molar-refractivity contribution is -0.132. The molecule has 6 heteroatoms. The summed E-state index contributed by atoms with van der Waals surface area (Å²) in [5.41, 5.74) is -0.400. The Morgan fingerprint density at radius 1 is 1.33 bits per heavy atom. The lowest BCUT2D eigenvalue weighted by atomic mass is 10.1. The predicted molar refractivity (Wildman–Crippen MR) is 68.4 cm³/mol. The molecule has 5 nitrogen and oxygen atoms in total. The number of amides is 1. The minimum Gasteiger partial charge on any atom is -0.478 e. The van der Waals surface area contributed by atoms with Crippen LogP contribution in [0.2, 0.25) is 0 Å². The molecule has 0 unspecified atom stereocenters. The molecule has 0 saturated heterocycles. The Hall–Kier alpha value is -1.30. The zero-order chi connectivity index (χ0) is 13.7. The first kappa shape index (κ1) is 13.1. The fourth-order valence-corrected chi connectivity index (χ4v) is 2.86. The Labute approximate surface area is 113 Å². The topological polar surface area (TPSA) is 66.8 Å². The third kappa shape index (κ3) is 2.05.